The van der Waals surface area contributed by atoms with Crippen LogP contribution in [0.25, 0.3) is 0 Å². The molecule has 1 aromatic rings. The maximum atomic E-state index is 10.3. The van der Waals surface area contributed by atoms with Crippen LogP contribution in [0.2, 0.25) is 5.02 Å². The summed E-state index contributed by atoms with van der Waals surface area (Å²) in [5, 5.41) is 14.3. The first-order valence-electron chi connectivity index (χ1n) is 7.01. The second kappa shape index (κ2) is 5.10. The minimum absolute atomic E-state index is 0.339. The lowest BCUT2D eigenvalue weighted by Gasteiger charge is -2.29. The molecule has 18 heavy (non-hydrogen) atoms. The fourth-order valence-corrected chi connectivity index (χ4v) is 3.66. The second-order valence-electron chi connectivity index (χ2n) is 5.51. The molecule has 1 aromatic carbocycles. The molecule has 98 valence electrons. The number of hydrogen-bond acceptors (Lipinski definition) is 2. The normalized spacial score (nSPS) is 23.7. The van der Waals surface area contributed by atoms with Gasteiger partial charge in [0.05, 0.1) is 5.02 Å². The lowest BCUT2D eigenvalue weighted by atomic mass is 9.80. The SMILES string of the molecule is Oc1c(Cl)cc2c(c1C1CCCNC1)CCCC2. The van der Waals surface area contributed by atoms with E-state index >= 15 is 0 Å². The second-order valence-corrected chi connectivity index (χ2v) is 5.92. The van der Waals surface area contributed by atoms with Crippen molar-refractivity contribution in [2.75, 3.05) is 13.1 Å². The average Bonchev–Trinajstić information content (AvgIpc) is 2.41. The lowest BCUT2D eigenvalue weighted by Crippen LogP contribution is -2.29. The summed E-state index contributed by atoms with van der Waals surface area (Å²) >= 11 is 6.20. The van der Waals surface area contributed by atoms with Crippen LogP contribution in [0.5, 0.6) is 5.75 Å². The summed E-state index contributed by atoms with van der Waals surface area (Å²) in [4.78, 5) is 0. The van der Waals surface area contributed by atoms with Crippen molar-refractivity contribution >= 4 is 11.6 Å². The molecule has 1 aliphatic heterocycles. The first-order valence-corrected chi connectivity index (χ1v) is 7.39. The Balaban J connectivity index is 2.07. The highest BCUT2D eigenvalue weighted by Crippen LogP contribution is 2.42. The minimum Gasteiger partial charge on any atom is -0.506 e. The van der Waals surface area contributed by atoms with E-state index in [2.05, 4.69) is 5.32 Å². The molecule has 1 atom stereocenters. The van der Waals surface area contributed by atoms with Gasteiger partial charge in [-0.2, -0.15) is 0 Å². The van der Waals surface area contributed by atoms with Crippen molar-refractivity contribution in [2.24, 2.45) is 0 Å². The molecule has 1 saturated heterocycles. The number of aromatic hydroxyl groups is 1. The van der Waals surface area contributed by atoms with Crippen LogP contribution in [0.15, 0.2) is 6.07 Å². The summed E-state index contributed by atoms with van der Waals surface area (Å²) in [6, 6.07) is 1.98. The molecule has 0 amide bonds. The number of halogens is 1. The Morgan fingerprint density at radius 2 is 2.06 bits per heavy atom. The van der Waals surface area contributed by atoms with Gasteiger partial charge in [0.25, 0.3) is 0 Å². The van der Waals surface area contributed by atoms with Gasteiger partial charge in [0.15, 0.2) is 0 Å². The van der Waals surface area contributed by atoms with E-state index in [0.29, 0.717) is 16.7 Å². The Hall–Kier alpha value is -0.730. The van der Waals surface area contributed by atoms with Gasteiger partial charge in [-0.25, -0.2) is 0 Å². The third kappa shape index (κ3) is 2.12. The summed E-state index contributed by atoms with van der Waals surface area (Å²) in [5.74, 6) is 0.773. The van der Waals surface area contributed by atoms with E-state index in [0.717, 1.165) is 37.9 Å². The molecule has 0 bridgehead atoms. The number of hydrogen-bond donors (Lipinski definition) is 2. The number of aryl methyl sites for hydroxylation is 1. The number of piperidine rings is 1. The molecular formula is C15H20ClNO. The average molecular weight is 266 g/mol. The number of fused-ring (bicyclic) bond motifs is 1. The lowest BCUT2D eigenvalue weighted by molar-refractivity contribution is 0.421. The molecule has 3 rings (SSSR count). The minimum atomic E-state index is 0.339. The quantitative estimate of drug-likeness (QED) is 0.816. The van der Waals surface area contributed by atoms with Gasteiger partial charge in [-0.15, -0.1) is 0 Å². The number of nitrogens with one attached hydrogen (secondary N) is 1. The molecule has 2 nitrogen and oxygen atoms in total. The van der Waals surface area contributed by atoms with Crippen LogP contribution < -0.4 is 5.32 Å². The van der Waals surface area contributed by atoms with Gasteiger partial charge in [-0.05, 0) is 62.3 Å². The van der Waals surface area contributed by atoms with E-state index in [9.17, 15) is 5.11 Å². The number of phenols is 1. The van der Waals surface area contributed by atoms with Gasteiger partial charge in [-0.3, -0.25) is 0 Å². The fourth-order valence-electron chi connectivity index (χ4n) is 3.43. The smallest absolute Gasteiger partial charge is 0.137 e. The molecule has 1 aliphatic carbocycles. The highest BCUT2D eigenvalue weighted by molar-refractivity contribution is 6.32. The molecule has 0 spiro atoms. The third-order valence-corrected chi connectivity index (χ3v) is 4.61. The molecule has 0 aromatic heterocycles. The Bertz CT molecular complexity index is 452. The third-order valence-electron chi connectivity index (χ3n) is 4.32. The van der Waals surface area contributed by atoms with E-state index in [-0.39, 0.29) is 0 Å². The van der Waals surface area contributed by atoms with E-state index in [1.165, 1.54) is 30.4 Å². The Kier molecular flexibility index (Phi) is 3.49. The zero-order chi connectivity index (χ0) is 12.5. The fraction of sp³-hybridized carbons (Fsp3) is 0.600. The van der Waals surface area contributed by atoms with Crippen LogP contribution in [-0.4, -0.2) is 18.2 Å². The van der Waals surface area contributed by atoms with Crippen LogP contribution in [0.1, 0.15) is 48.3 Å². The van der Waals surface area contributed by atoms with E-state index in [4.69, 9.17) is 11.6 Å². The van der Waals surface area contributed by atoms with Gasteiger partial charge in [0.2, 0.25) is 0 Å². The van der Waals surface area contributed by atoms with Crippen molar-refractivity contribution in [1.82, 2.24) is 5.32 Å². The summed E-state index contributed by atoms with van der Waals surface area (Å²) in [5.41, 5.74) is 3.89. The molecule has 1 fully saturated rings. The van der Waals surface area contributed by atoms with Gasteiger partial charge < -0.3 is 10.4 Å². The molecular weight excluding hydrogens is 246 g/mol. The predicted octanol–water partition coefficient (Wildman–Crippen LogP) is 3.39. The van der Waals surface area contributed by atoms with E-state index < -0.39 is 0 Å². The topological polar surface area (TPSA) is 32.3 Å². The van der Waals surface area contributed by atoms with Crippen molar-refractivity contribution in [3.8, 4) is 5.75 Å². The molecule has 2 N–H and O–H groups in total. The number of rotatable bonds is 1. The van der Waals surface area contributed by atoms with Crippen molar-refractivity contribution in [2.45, 2.75) is 44.4 Å². The van der Waals surface area contributed by atoms with Crippen LogP contribution in [-0.2, 0) is 12.8 Å². The first-order chi connectivity index (χ1) is 8.77. The molecule has 1 unspecified atom stereocenters. The van der Waals surface area contributed by atoms with Crippen LogP contribution in [0.4, 0.5) is 0 Å². The van der Waals surface area contributed by atoms with Gasteiger partial charge in [-0.1, -0.05) is 11.6 Å². The summed E-state index contributed by atoms with van der Waals surface area (Å²) in [6.07, 6.45) is 7.05. The molecule has 3 heteroatoms. The van der Waals surface area contributed by atoms with Crippen molar-refractivity contribution in [3.05, 3.63) is 27.8 Å². The Labute approximate surface area is 113 Å². The van der Waals surface area contributed by atoms with E-state index in [1.807, 2.05) is 6.07 Å². The maximum absolute atomic E-state index is 10.3. The highest BCUT2D eigenvalue weighted by atomic mass is 35.5. The largest absolute Gasteiger partial charge is 0.506 e. The molecule has 0 radical (unpaired) electrons. The van der Waals surface area contributed by atoms with Crippen LogP contribution >= 0.6 is 11.6 Å². The van der Waals surface area contributed by atoms with Crippen LogP contribution in [0.3, 0.4) is 0 Å². The zero-order valence-electron chi connectivity index (χ0n) is 10.6. The van der Waals surface area contributed by atoms with Gasteiger partial charge >= 0.3 is 0 Å². The molecule has 0 saturated carbocycles. The van der Waals surface area contributed by atoms with Gasteiger partial charge in [0, 0.05) is 18.0 Å². The van der Waals surface area contributed by atoms with Crippen molar-refractivity contribution in [3.63, 3.8) is 0 Å². The zero-order valence-corrected chi connectivity index (χ0v) is 11.4. The molecule has 2 aliphatic rings. The predicted molar refractivity (Wildman–Crippen MR) is 74.6 cm³/mol. The van der Waals surface area contributed by atoms with Gasteiger partial charge in [0.1, 0.15) is 5.75 Å². The number of benzene rings is 1. The summed E-state index contributed by atoms with van der Waals surface area (Å²) < 4.78 is 0. The summed E-state index contributed by atoms with van der Waals surface area (Å²) in [6.45, 7) is 2.07. The van der Waals surface area contributed by atoms with E-state index in [1.54, 1.807) is 0 Å². The maximum Gasteiger partial charge on any atom is 0.137 e. The van der Waals surface area contributed by atoms with Crippen molar-refractivity contribution < 1.29 is 5.11 Å². The number of phenolic OH excluding ortho intramolecular Hbond substituents is 1. The molecule has 1 heterocycles. The monoisotopic (exact) mass is 265 g/mol. The standard InChI is InChI=1S/C15H20ClNO/c16-13-8-10-4-1-2-6-12(10)14(15(13)18)11-5-3-7-17-9-11/h8,11,17-18H,1-7,9H2. The van der Waals surface area contributed by atoms with Crippen LogP contribution in [0, 0.1) is 0 Å². The van der Waals surface area contributed by atoms with Crippen molar-refractivity contribution in [1.29, 1.82) is 0 Å². The summed E-state index contributed by atoms with van der Waals surface area (Å²) in [7, 11) is 0. The highest BCUT2D eigenvalue weighted by Gasteiger charge is 2.26. The Morgan fingerprint density at radius 3 is 2.83 bits per heavy atom. The first kappa shape index (κ1) is 12.3. The Morgan fingerprint density at radius 1 is 1.22 bits per heavy atom.